The van der Waals surface area contributed by atoms with E-state index in [2.05, 4.69) is 26.4 Å². The minimum atomic E-state index is -1.08. The number of carbonyl (C=O) groups is 1. The summed E-state index contributed by atoms with van der Waals surface area (Å²) in [4.78, 5) is 12.1. The Morgan fingerprint density at radius 1 is 1.50 bits per heavy atom. The van der Waals surface area contributed by atoms with Crippen molar-refractivity contribution in [2.24, 2.45) is 16.3 Å². The second-order valence-electron chi connectivity index (χ2n) is 4.52. The van der Waals surface area contributed by atoms with Crippen LogP contribution in [-0.4, -0.2) is 17.0 Å². The Bertz CT molecular complexity index is 498. The number of amides is 1. The van der Waals surface area contributed by atoms with Crippen LogP contribution >= 0.6 is 15.9 Å². The highest BCUT2D eigenvalue weighted by Gasteiger charge is 2.33. The van der Waals surface area contributed by atoms with Gasteiger partial charge in [-0.1, -0.05) is 27.2 Å². The van der Waals surface area contributed by atoms with E-state index in [9.17, 15) is 4.79 Å². The number of rotatable bonds is 3. The highest BCUT2D eigenvalue weighted by molar-refractivity contribution is 9.10. The van der Waals surface area contributed by atoms with Gasteiger partial charge in [0.1, 0.15) is 5.41 Å². The van der Waals surface area contributed by atoms with Crippen molar-refractivity contribution in [3.63, 3.8) is 0 Å². The van der Waals surface area contributed by atoms with Crippen molar-refractivity contribution in [1.29, 1.82) is 0 Å². The van der Waals surface area contributed by atoms with Crippen LogP contribution in [0.25, 0.3) is 0 Å². The summed E-state index contributed by atoms with van der Waals surface area (Å²) in [6, 6.07) is 5.57. The van der Waals surface area contributed by atoms with E-state index in [4.69, 9.17) is 10.9 Å². The van der Waals surface area contributed by atoms with Crippen LogP contribution < -0.4 is 11.1 Å². The van der Waals surface area contributed by atoms with E-state index in [1.165, 1.54) is 0 Å². The van der Waals surface area contributed by atoms with E-state index in [0.717, 1.165) is 10.0 Å². The molecule has 1 aromatic rings. The third-order valence-electron chi connectivity index (χ3n) is 2.76. The van der Waals surface area contributed by atoms with Crippen molar-refractivity contribution in [3.8, 4) is 0 Å². The zero-order valence-electron chi connectivity index (χ0n) is 10.5. The molecule has 0 heterocycles. The molecule has 0 aliphatic heterocycles. The van der Waals surface area contributed by atoms with Crippen molar-refractivity contribution in [3.05, 3.63) is 28.2 Å². The van der Waals surface area contributed by atoms with Crippen LogP contribution in [0.3, 0.4) is 0 Å². The van der Waals surface area contributed by atoms with Gasteiger partial charge in [-0.05, 0) is 38.5 Å². The molecule has 6 heteroatoms. The third-order valence-corrected chi connectivity index (χ3v) is 3.26. The normalized spacial score (nSPS) is 12.3. The zero-order chi connectivity index (χ0) is 13.9. The fourth-order valence-electron chi connectivity index (χ4n) is 1.25. The minimum absolute atomic E-state index is 0.132. The second kappa shape index (κ2) is 5.39. The second-order valence-corrected chi connectivity index (χ2v) is 5.44. The minimum Gasteiger partial charge on any atom is -0.409 e. The Morgan fingerprint density at radius 2 is 2.11 bits per heavy atom. The molecule has 1 rings (SSSR count). The Morgan fingerprint density at radius 3 is 2.67 bits per heavy atom. The van der Waals surface area contributed by atoms with Crippen LogP contribution in [0.4, 0.5) is 5.69 Å². The maximum atomic E-state index is 12.1. The van der Waals surface area contributed by atoms with Gasteiger partial charge >= 0.3 is 0 Å². The fraction of sp³-hybridized carbons (Fsp3) is 0.333. The summed E-state index contributed by atoms with van der Waals surface area (Å²) in [6.07, 6.45) is 0. The molecular formula is C12H16BrN3O2. The average Bonchev–Trinajstić information content (AvgIpc) is 2.32. The number of carbonyl (C=O) groups excluding carboxylic acids is 1. The predicted molar refractivity (Wildman–Crippen MR) is 74.7 cm³/mol. The molecule has 0 aromatic heterocycles. The Labute approximate surface area is 114 Å². The highest BCUT2D eigenvalue weighted by Crippen LogP contribution is 2.24. The van der Waals surface area contributed by atoms with Gasteiger partial charge in [0.25, 0.3) is 0 Å². The van der Waals surface area contributed by atoms with Crippen LogP contribution in [0.1, 0.15) is 19.4 Å². The molecule has 0 fully saturated rings. The number of nitrogens with two attached hydrogens (primary N) is 1. The van der Waals surface area contributed by atoms with Crippen LogP contribution in [0, 0.1) is 12.3 Å². The van der Waals surface area contributed by atoms with E-state index in [1.54, 1.807) is 19.9 Å². The van der Waals surface area contributed by atoms with Crippen molar-refractivity contribution in [2.75, 3.05) is 5.32 Å². The molecule has 0 aliphatic carbocycles. The molecule has 0 aliphatic rings. The molecule has 0 unspecified atom stereocenters. The smallest absolute Gasteiger partial charge is 0.237 e. The van der Waals surface area contributed by atoms with E-state index in [1.807, 2.05) is 19.1 Å². The summed E-state index contributed by atoms with van der Waals surface area (Å²) < 4.78 is 0.866. The molecule has 0 radical (unpaired) electrons. The molecule has 98 valence electrons. The van der Waals surface area contributed by atoms with Crippen molar-refractivity contribution >= 4 is 33.4 Å². The van der Waals surface area contributed by atoms with Gasteiger partial charge in [0, 0.05) is 10.2 Å². The van der Waals surface area contributed by atoms with Crippen molar-refractivity contribution in [2.45, 2.75) is 20.8 Å². The molecule has 0 spiro atoms. The first-order valence-corrected chi connectivity index (χ1v) is 6.14. The molecule has 5 nitrogen and oxygen atoms in total. The zero-order valence-corrected chi connectivity index (χ0v) is 12.1. The Balaban J connectivity index is 2.98. The van der Waals surface area contributed by atoms with Gasteiger partial charge in [-0.15, -0.1) is 0 Å². The van der Waals surface area contributed by atoms with Gasteiger partial charge in [-0.3, -0.25) is 4.79 Å². The lowest BCUT2D eigenvalue weighted by atomic mass is 9.90. The predicted octanol–water partition coefficient (Wildman–Crippen LogP) is 2.47. The molecule has 1 aromatic carbocycles. The summed E-state index contributed by atoms with van der Waals surface area (Å²) >= 11 is 3.34. The topological polar surface area (TPSA) is 87.7 Å². The number of oxime groups is 1. The molecule has 4 N–H and O–H groups in total. The van der Waals surface area contributed by atoms with E-state index >= 15 is 0 Å². The molecule has 1 amide bonds. The largest absolute Gasteiger partial charge is 0.409 e. The van der Waals surface area contributed by atoms with Gasteiger partial charge in [0.15, 0.2) is 5.84 Å². The number of hydrogen-bond donors (Lipinski definition) is 3. The number of benzene rings is 1. The van der Waals surface area contributed by atoms with E-state index < -0.39 is 5.41 Å². The van der Waals surface area contributed by atoms with Crippen molar-refractivity contribution in [1.82, 2.24) is 0 Å². The fourth-order valence-corrected chi connectivity index (χ4v) is 1.61. The Hall–Kier alpha value is -1.56. The van der Waals surface area contributed by atoms with Gasteiger partial charge in [-0.2, -0.15) is 0 Å². The average molecular weight is 314 g/mol. The summed E-state index contributed by atoms with van der Waals surface area (Å²) in [6.45, 7) is 5.06. The van der Waals surface area contributed by atoms with Crippen LogP contribution in [0.5, 0.6) is 0 Å². The number of aryl methyl sites for hydroxylation is 1. The first kappa shape index (κ1) is 14.5. The standard InChI is InChI=1S/C12H16BrN3O2/c1-7-4-5-8(13)6-9(7)15-11(17)12(2,3)10(14)16-18/h4-6,18H,1-3H3,(H2,14,16)(H,15,17). The van der Waals surface area contributed by atoms with E-state index in [-0.39, 0.29) is 11.7 Å². The lowest BCUT2D eigenvalue weighted by molar-refractivity contribution is -0.121. The number of halogens is 1. The number of nitrogens with zero attached hydrogens (tertiary/aromatic N) is 1. The third kappa shape index (κ3) is 3.01. The molecular weight excluding hydrogens is 298 g/mol. The van der Waals surface area contributed by atoms with Crippen LogP contribution in [0.2, 0.25) is 0 Å². The summed E-state index contributed by atoms with van der Waals surface area (Å²) in [5, 5.41) is 14.3. The van der Waals surface area contributed by atoms with Gasteiger partial charge < -0.3 is 16.3 Å². The van der Waals surface area contributed by atoms with Gasteiger partial charge in [0.05, 0.1) is 0 Å². The first-order chi connectivity index (χ1) is 8.28. The number of amidine groups is 1. The first-order valence-electron chi connectivity index (χ1n) is 5.34. The lowest BCUT2D eigenvalue weighted by Crippen LogP contribution is -2.42. The van der Waals surface area contributed by atoms with Gasteiger partial charge in [0.2, 0.25) is 5.91 Å². The lowest BCUT2D eigenvalue weighted by Gasteiger charge is -2.22. The van der Waals surface area contributed by atoms with Gasteiger partial charge in [-0.25, -0.2) is 0 Å². The summed E-state index contributed by atoms with van der Waals surface area (Å²) in [7, 11) is 0. The maximum absolute atomic E-state index is 12.1. The SMILES string of the molecule is Cc1ccc(Br)cc1NC(=O)C(C)(C)C(N)=NO. The number of nitrogens with one attached hydrogen (secondary N) is 1. The van der Waals surface area contributed by atoms with Crippen LogP contribution in [-0.2, 0) is 4.79 Å². The number of hydrogen-bond acceptors (Lipinski definition) is 3. The molecule has 0 atom stereocenters. The van der Waals surface area contributed by atoms with Crippen molar-refractivity contribution < 1.29 is 10.0 Å². The highest BCUT2D eigenvalue weighted by atomic mass is 79.9. The van der Waals surface area contributed by atoms with E-state index in [0.29, 0.717) is 5.69 Å². The summed E-state index contributed by atoms with van der Waals surface area (Å²) in [5.41, 5.74) is 6.04. The maximum Gasteiger partial charge on any atom is 0.237 e. The Kier molecular flexibility index (Phi) is 4.34. The quantitative estimate of drug-likeness (QED) is 0.347. The van der Waals surface area contributed by atoms with Crippen LogP contribution in [0.15, 0.2) is 27.8 Å². The number of anilines is 1. The molecule has 18 heavy (non-hydrogen) atoms. The molecule has 0 bridgehead atoms. The summed E-state index contributed by atoms with van der Waals surface area (Å²) in [5.74, 6) is -0.466. The monoisotopic (exact) mass is 313 g/mol. The molecule has 0 saturated carbocycles. The molecule has 0 saturated heterocycles.